The van der Waals surface area contributed by atoms with Gasteiger partial charge in [-0.25, -0.2) is 0 Å². The Kier molecular flexibility index (Phi) is 4.35. The molecule has 0 bridgehead atoms. The molecule has 3 rings (SSSR count). The zero-order valence-corrected chi connectivity index (χ0v) is 13.6. The second-order valence-electron chi connectivity index (χ2n) is 5.58. The molecule has 0 atom stereocenters. The molecular weight excluding hydrogens is 312 g/mol. The van der Waals surface area contributed by atoms with Gasteiger partial charge < -0.3 is 10.2 Å². The molecule has 0 saturated carbocycles. The molecule has 23 heavy (non-hydrogen) atoms. The van der Waals surface area contributed by atoms with Gasteiger partial charge in [0.2, 0.25) is 5.91 Å². The molecule has 0 spiro atoms. The van der Waals surface area contributed by atoms with E-state index in [1.807, 2.05) is 31.2 Å². The Morgan fingerprint density at radius 3 is 2.70 bits per heavy atom. The fraction of sp³-hybridized carbons (Fsp3) is 0.222. The van der Waals surface area contributed by atoms with Crippen LogP contribution in [0.3, 0.4) is 0 Å². The predicted octanol–water partition coefficient (Wildman–Crippen LogP) is 4.03. The second kappa shape index (κ2) is 6.42. The Hall–Kier alpha value is -2.33. The topological polar surface area (TPSA) is 49.4 Å². The zero-order chi connectivity index (χ0) is 16.4. The molecule has 2 aromatic rings. The van der Waals surface area contributed by atoms with E-state index in [9.17, 15) is 9.59 Å². The largest absolute Gasteiger partial charge is 0.322 e. The maximum Gasteiger partial charge on any atom is 0.255 e. The summed E-state index contributed by atoms with van der Waals surface area (Å²) in [6.07, 6.45) is 1.34. The van der Waals surface area contributed by atoms with Crippen LogP contribution in [0.15, 0.2) is 42.5 Å². The number of halogens is 1. The highest BCUT2D eigenvalue weighted by atomic mass is 35.5. The van der Waals surface area contributed by atoms with Crippen molar-refractivity contribution < 1.29 is 9.59 Å². The number of para-hydroxylation sites is 1. The van der Waals surface area contributed by atoms with Crippen molar-refractivity contribution in [3.8, 4) is 0 Å². The van der Waals surface area contributed by atoms with Crippen LogP contribution in [0.2, 0.25) is 5.02 Å². The molecule has 5 heteroatoms. The molecule has 1 aliphatic heterocycles. The van der Waals surface area contributed by atoms with Crippen LogP contribution in [0, 0.1) is 6.92 Å². The lowest BCUT2D eigenvalue weighted by atomic mass is 10.1. The minimum absolute atomic E-state index is 0.0448. The lowest BCUT2D eigenvalue weighted by Crippen LogP contribution is -2.24. The van der Waals surface area contributed by atoms with E-state index in [0.29, 0.717) is 29.2 Å². The first-order valence-corrected chi connectivity index (χ1v) is 7.91. The van der Waals surface area contributed by atoms with Crippen molar-refractivity contribution in [3.05, 3.63) is 58.6 Å². The molecule has 0 unspecified atom stereocenters. The predicted molar refractivity (Wildman–Crippen MR) is 92.2 cm³/mol. The summed E-state index contributed by atoms with van der Waals surface area (Å²) in [5.74, 6) is -0.174. The first-order valence-electron chi connectivity index (χ1n) is 7.53. The minimum Gasteiger partial charge on any atom is -0.322 e. The van der Waals surface area contributed by atoms with Crippen LogP contribution in [0.1, 0.15) is 28.8 Å². The van der Waals surface area contributed by atoms with Gasteiger partial charge in [0.25, 0.3) is 5.91 Å². The average Bonchev–Trinajstić information content (AvgIpc) is 2.96. The Balaban J connectivity index is 1.87. The molecule has 2 aromatic carbocycles. The molecule has 1 fully saturated rings. The number of hydrogen-bond donors (Lipinski definition) is 1. The summed E-state index contributed by atoms with van der Waals surface area (Å²) in [5, 5.41) is 3.37. The van der Waals surface area contributed by atoms with Gasteiger partial charge in [-0.15, -0.1) is 0 Å². The van der Waals surface area contributed by atoms with E-state index in [1.54, 1.807) is 23.1 Å². The van der Waals surface area contributed by atoms with E-state index >= 15 is 0 Å². The highest BCUT2D eigenvalue weighted by Gasteiger charge is 2.24. The lowest BCUT2D eigenvalue weighted by Gasteiger charge is -2.18. The van der Waals surface area contributed by atoms with Gasteiger partial charge in [0.15, 0.2) is 0 Å². The van der Waals surface area contributed by atoms with Crippen molar-refractivity contribution in [2.24, 2.45) is 0 Å². The third-order valence-corrected chi connectivity index (χ3v) is 4.29. The average molecular weight is 329 g/mol. The van der Waals surface area contributed by atoms with Crippen molar-refractivity contribution in [1.29, 1.82) is 0 Å². The van der Waals surface area contributed by atoms with Crippen molar-refractivity contribution >= 4 is 34.8 Å². The molecule has 118 valence electrons. The summed E-state index contributed by atoms with van der Waals surface area (Å²) in [6, 6.07) is 12.6. The summed E-state index contributed by atoms with van der Waals surface area (Å²) in [5.41, 5.74) is 2.84. The van der Waals surface area contributed by atoms with Gasteiger partial charge in [-0.05, 0) is 43.2 Å². The highest BCUT2D eigenvalue weighted by Crippen LogP contribution is 2.30. The number of nitrogens with zero attached hydrogens (tertiary/aromatic N) is 1. The van der Waals surface area contributed by atoms with Crippen molar-refractivity contribution in [2.75, 3.05) is 16.8 Å². The summed E-state index contributed by atoms with van der Waals surface area (Å²) >= 11 is 6.21. The quantitative estimate of drug-likeness (QED) is 0.924. The van der Waals surface area contributed by atoms with Crippen LogP contribution < -0.4 is 10.2 Å². The molecule has 0 aliphatic carbocycles. The van der Waals surface area contributed by atoms with Crippen molar-refractivity contribution in [1.82, 2.24) is 0 Å². The number of rotatable bonds is 3. The SMILES string of the molecule is Cc1ccccc1NC(=O)c1ccc(Cl)c(N2CCCC2=O)c1. The Morgan fingerprint density at radius 2 is 2.00 bits per heavy atom. The van der Waals surface area contributed by atoms with Crippen LogP contribution in [-0.2, 0) is 4.79 Å². The minimum atomic E-state index is -0.219. The fourth-order valence-corrected chi connectivity index (χ4v) is 2.89. The smallest absolute Gasteiger partial charge is 0.255 e. The van der Waals surface area contributed by atoms with Gasteiger partial charge in [-0.1, -0.05) is 29.8 Å². The molecule has 0 radical (unpaired) electrons. The Bertz CT molecular complexity index is 773. The first-order chi connectivity index (χ1) is 11.1. The maximum atomic E-state index is 12.5. The van der Waals surface area contributed by atoms with Gasteiger partial charge in [-0.3, -0.25) is 9.59 Å². The summed E-state index contributed by atoms with van der Waals surface area (Å²) in [7, 11) is 0. The van der Waals surface area contributed by atoms with Gasteiger partial charge in [0.05, 0.1) is 10.7 Å². The van der Waals surface area contributed by atoms with E-state index in [-0.39, 0.29) is 11.8 Å². The normalized spacial score (nSPS) is 14.2. The van der Waals surface area contributed by atoms with E-state index in [4.69, 9.17) is 11.6 Å². The van der Waals surface area contributed by atoms with E-state index in [1.165, 1.54) is 0 Å². The number of nitrogens with one attached hydrogen (secondary N) is 1. The molecule has 1 N–H and O–H groups in total. The molecule has 0 aromatic heterocycles. The lowest BCUT2D eigenvalue weighted by molar-refractivity contribution is -0.117. The number of carbonyl (C=O) groups excluding carboxylic acids is 2. The fourth-order valence-electron chi connectivity index (χ4n) is 2.67. The molecule has 1 heterocycles. The first kappa shape index (κ1) is 15.6. The number of benzene rings is 2. The maximum absolute atomic E-state index is 12.5. The van der Waals surface area contributed by atoms with Gasteiger partial charge in [0, 0.05) is 24.2 Å². The number of carbonyl (C=O) groups is 2. The second-order valence-corrected chi connectivity index (χ2v) is 5.99. The van der Waals surface area contributed by atoms with Gasteiger partial charge in [-0.2, -0.15) is 0 Å². The number of anilines is 2. The molecular formula is C18H17ClN2O2. The van der Waals surface area contributed by atoms with Gasteiger partial charge in [0.1, 0.15) is 0 Å². The van der Waals surface area contributed by atoms with E-state index in [2.05, 4.69) is 5.32 Å². The molecule has 1 aliphatic rings. The van der Waals surface area contributed by atoms with Crippen molar-refractivity contribution in [3.63, 3.8) is 0 Å². The number of amides is 2. The standard InChI is InChI=1S/C18H17ClN2O2/c1-12-5-2-3-6-15(12)20-18(23)13-8-9-14(19)16(11-13)21-10-4-7-17(21)22/h2-3,5-6,8-9,11H,4,7,10H2,1H3,(H,20,23). The molecule has 1 saturated heterocycles. The van der Waals surface area contributed by atoms with Crippen LogP contribution in [0.5, 0.6) is 0 Å². The summed E-state index contributed by atoms with van der Waals surface area (Å²) in [6.45, 7) is 2.58. The summed E-state index contributed by atoms with van der Waals surface area (Å²) in [4.78, 5) is 26.0. The third kappa shape index (κ3) is 3.22. The van der Waals surface area contributed by atoms with Crippen LogP contribution >= 0.6 is 11.6 Å². The summed E-state index contributed by atoms with van der Waals surface area (Å²) < 4.78 is 0. The number of hydrogen-bond acceptors (Lipinski definition) is 2. The van der Waals surface area contributed by atoms with E-state index in [0.717, 1.165) is 17.7 Å². The van der Waals surface area contributed by atoms with Crippen LogP contribution in [-0.4, -0.2) is 18.4 Å². The number of aryl methyl sites for hydroxylation is 1. The zero-order valence-electron chi connectivity index (χ0n) is 12.8. The Labute approximate surface area is 140 Å². The van der Waals surface area contributed by atoms with E-state index < -0.39 is 0 Å². The Morgan fingerprint density at radius 1 is 1.22 bits per heavy atom. The van der Waals surface area contributed by atoms with Crippen LogP contribution in [0.4, 0.5) is 11.4 Å². The van der Waals surface area contributed by atoms with Crippen LogP contribution in [0.25, 0.3) is 0 Å². The monoisotopic (exact) mass is 328 g/mol. The third-order valence-electron chi connectivity index (χ3n) is 3.97. The van der Waals surface area contributed by atoms with Crippen molar-refractivity contribution in [2.45, 2.75) is 19.8 Å². The molecule has 4 nitrogen and oxygen atoms in total. The highest BCUT2D eigenvalue weighted by molar-refractivity contribution is 6.34. The van der Waals surface area contributed by atoms with Gasteiger partial charge >= 0.3 is 0 Å². The molecule has 2 amide bonds.